The molecule has 2 N–H and O–H groups in total. The Hall–Kier alpha value is -1.14. The summed E-state index contributed by atoms with van der Waals surface area (Å²) in [7, 11) is 3.31. The Morgan fingerprint density at radius 2 is 2.00 bits per heavy atom. The minimum absolute atomic E-state index is 0. The number of piperidine rings is 1. The third-order valence-electron chi connectivity index (χ3n) is 3.96. The number of halogens is 1. The van der Waals surface area contributed by atoms with Crippen molar-refractivity contribution in [2.24, 2.45) is 5.41 Å². The van der Waals surface area contributed by atoms with E-state index < -0.39 is 5.41 Å². The van der Waals surface area contributed by atoms with Crippen LogP contribution in [-0.4, -0.2) is 39.8 Å². The molecule has 0 radical (unpaired) electrons. The standard InChI is InChI=1S/C16H24N2O3.ClH/c1-20-11-13-4-3-5-14(10-13)18-15(19)16(12-21-2)6-8-17-9-7-16;/h3-5,10,17H,6-9,11-12H2,1-2H3,(H,18,19);1H. The number of carbonyl (C=O) groups excluding carboxylic acids is 1. The minimum atomic E-state index is -0.433. The molecule has 0 aliphatic carbocycles. The van der Waals surface area contributed by atoms with Gasteiger partial charge in [0.2, 0.25) is 5.91 Å². The largest absolute Gasteiger partial charge is 0.384 e. The highest BCUT2D eigenvalue weighted by atomic mass is 35.5. The summed E-state index contributed by atoms with van der Waals surface area (Å²) in [6.07, 6.45) is 1.59. The SMILES string of the molecule is COCc1cccc(NC(=O)C2(COC)CCNCC2)c1.Cl. The van der Waals surface area contributed by atoms with Crippen molar-refractivity contribution in [3.63, 3.8) is 0 Å². The Labute approximate surface area is 138 Å². The molecule has 22 heavy (non-hydrogen) atoms. The van der Waals surface area contributed by atoms with Gasteiger partial charge in [-0.15, -0.1) is 12.4 Å². The molecule has 124 valence electrons. The maximum atomic E-state index is 12.7. The normalized spacial score (nSPS) is 16.6. The Morgan fingerprint density at radius 3 is 2.64 bits per heavy atom. The van der Waals surface area contributed by atoms with Crippen molar-refractivity contribution in [3.8, 4) is 0 Å². The summed E-state index contributed by atoms with van der Waals surface area (Å²) in [5.74, 6) is 0.0421. The quantitative estimate of drug-likeness (QED) is 0.840. The van der Waals surface area contributed by atoms with Crippen molar-refractivity contribution in [1.82, 2.24) is 5.32 Å². The van der Waals surface area contributed by atoms with E-state index >= 15 is 0 Å². The van der Waals surface area contributed by atoms with Crippen LogP contribution in [0.15, 0.2) is 24.3 Å². The van der Waals surface area contributed by atoms with E-state index in [1.807, 2.05) is 24.3 Å². The van der Waals surface area contributed by atoms with Gasteiger partial charge < -0.3 is 20.1 Å². The van der Waals surface area contributed by atoms with Gasteiger partial charge in [-0.1, -0.05) is 12.1 Å². The van der Waals surface area contributed by atoms with Gasteiger partial charge in [-0.05, 0) is 43.6 Å². The Bertz CT molecular complexity index is 471. The Morgan fingerprint density at radius 1 is 1.27 bits per heavy atom. The molecule has 0 bridgehead atoms. The van der Waals surface area contributed by atoms with Crippen LogP contribution in [0.3, 0.4) is 0 Å². The van der Waals surface area contributed by atoms with Crippen molar-refractivity contribution >= 4 is 24.0 Å². The molecule has 1 aromatic rings. The van der Waals surface area contributed by atoms with Gasteiger partial charge in [0.05, 0.1) is 18.6 Å². The molecule has 5 nitrogen and oxygen atoms in total. The van der Waals surface area contributed by atoms with Crippen molar-refractivity contribution in [2.45, 2.75) is 19.4 Å². The van der Waals surface area contributed by atoms with Crippen molar-refractivity contribution < 1.29 is 14.3 Å². The Kier molecular flexibility index (Phi) is 7.82. The number of methoxy groups -OCH3 is 2. The first-order valence-corrected chi connectivity index (χ1v) is 7.29. The molecule has 1 aromatic carbocycles. The van der Waals surface area contributed by atoms with Gasteiger partial charge in [0.15, 0.2) is 0 Å². The molecule has 1 saturated heterocycles. The number of amides is 1. The first-order valence-electron chi connectivity index (χ1n) is 7.29. The highest BCUT2D eigenvalue weighted by Crippen LogP contribution is 2.31. The molecular formula is C16H25ClN2O3. The lowest BCUT2D eigenvalue weighted by atomic mass is 9.78. The summed E-state index contributed by atoms with van der Waals surface area (Å²) in [4.78, 5) is 12.7. The average Bonchev–Trinajstić information content (AvgIpc) is 2.49. The van der Waals surface area contributed by atoms with E-state index in [9.17, 15) is 4.79 Å². The maximum absolute atomic E-state index is 12.7. The molecule has 2 rings (SSSR count). The van der Waals surface area contributed by atoms with E-state index in [-0.39, 0.29) is 18.3 Å². The molecule has 1 aliphatic heterocycles. The number of rotatable bonds is 6. The molecule has 1 fully saturated rings. The van der Waals surface area contributed by atoms with Gasteiger partial charge in [0, 0.05) is 19.9 Å². The molecule has 1 heterocycles. The number of ether oxygens (including phenoxy) is 2. The first kappa shape index (κ1) is 18.9. The van der Waals surface area contributed by atoms with Crippen molar-refractivity contribution in [1.29, 1.82) is 0 Å². The lowest BCUT2D eigenvalue weighted by Gasteiger charge is -2.35. The zero-order valence-electron chi connectivity index (χ0n) is 13.2. The number of hydrogen-bond acceptors (Lipinski definition) is 4. The van der Waals surface area contributed by atoms with Crippen LogP contribution in [0.2, 0.25) is 0 Å². The summed E-state index contributed by atoms with van der Waals surface area (Å²) in [5.41, 5.74) is 1.42. The number of hydrogen-bond donors (Lipinski definition) is 2. The predicted molar refractivity (Wildman–Crippen MR) is 89.4 cm³/mol. The van der Waals surface area contributed by atoms with Crippen LogP contribution < -0.4 is 10.6 Å². The lowest BCUT2D eigenvalue weighted by Crippen LogP contribution is -2.47. The third-order valence-corrected chi connectivity index (χ3v) is 3.96. The van der Waals surface area contributed by atoms with Gasteiger partial charge in [0.1, 0.15) is 0 Å². The second-order valence-electron chi connectivity index (χ2n) is 5.55. The summed E-state index contributed by atoms with van der Waals surface area (Å²) < 4.78 is 10.4. The molecule has 0 spiro atoms. The zero-order chi connectivity index (χ0) is 15.1. The van der Waals surface area contributed by atoms with Gasteiger partial charge in [-0.25, -0.2) is 0 Å². The summed E-state index contributed by atoms with van der Waals surface area (Å²) in [6, 6.07) is 7.76. The molecule has 0 unspecified atom stereocenters. The van der Waals surface area contributed by atoms with Crippen LogP contribution in [0.25, 0.3) is 0 Å². The van der Waals surface area contributed by atoms with Gasteiger partial charge in [-0.3, -0.25) is 4.79 Å². The van der Waals surface area contributed by atoms with Crippen molar-refractivity contribution in [3.05, 3.63) is 29.8 Å². The van der Waals surface area contributed by atoms with Crippen LogP contribution in [0.1, 0.15) is 18.4 Å². The highest BCUT2D eigenvalue weighted by molar-refractivity contribution is 5.95. The van der Waals surface area contributed by atoms with Crippen LogP contribution in [0, 0.1) is 5.41 Å². The number of nitrogens with one attached hydrogen (secondary N) is 2. The van der Waals surface area contributed by atoms with Crippen molar-refractivity contribution in [2.75, 3.05) is 39.2 Å². The molecule has 1 aliphatic rings. The monoisotopic (exact) mass is 328 g/mol. The van der Waals surface area contributed by atoms with E-state index in [4.69, 9.17) is 9.47 Å². The van der Waals surface area contributed by atoms with E-state index in [1.54, 1.807) is 14.2 Å². The van der Waals surface area contributed by atoms with Gasteiger partial charge in [-0.2, -0.15) is 0 Å². The molecule has 6 heteroatoms. The fourth-order valence-electron chi connectivity index (χ4n) is 2.79. The fourth-order valence-corrected chi connectivity index (χ4v) is 2.79. The highest BCUT2D eigenvalue weighted by Gasteiger charge is 2.39. The topological polar surface area (TPSA) is 59.6 Å². The average molecular weight is 329 g/mol. The molecule has 0 atom stereocenters. The zero-order valence-corrected chi connectivity index (χ0v) is 14.0. The molecule has 0 saturated carbocycles. The summed E-state index contributed by atoms with van der Waals surface area (Å²) in [6.45, 7) is 2.69. The van der Waals surface area contributed by atoms with E-state index in [2.05, 4.69) is 10.6 Å². The molecule has 1 amide bonds. The second-order valence-corrected chi connectivity index (χ2v) is 5.55. The van der Waals surface area contributed by atoms with Crippen LogP contribution in [0.4, 0.5) is 5.69 Å². The van der Waals surface area contributed by atoms with Crippen LogP contribution >= 0.6 is 12.4 Å². The fraction of sp³-hybridized carbons (Fsp3) is 0.562. The number of carbonyl (C=O) groups is 1. The predicted octanol–water partition coefficient (Wildman–Crippen LogP) is 2.21. The second kappa shape index (κ2) is 9.10. The molecular weight excluding hydrogens is 304 g/mol. The van der Waals surface area contributed by atoms with E-state index in [0.29, 0.717) is 13.2 Å². The molecule has 0 aromatic heterocycles. The van der Waals surface area contributed by atoms with Crippen LogP contribution in [-0.2, 0) is 20.9 Å². The maximum Gasteiger partial charge on any atom is 0.233 e. The number of anilines is 1. The minimum Gasteiger partial charge on any atom is -0.384 e. The van der Waals surface area contributed by atoms with Crippen LogP contribution in [0.5, 0.6) is 0 Å². The summed E-state index contributed by atoms with van der Waals surface area (Å²) in [5, 5.41) is 6.32. The number of benzene rings is 1. The first-order chi connectivity index (χ1) is 10.2. The van der Waals surface area contributed by atoms with Gasteiger partial charge >= 0.3 is 0 Å². The van der Waals surface area contributed by atoms with E-state index in [1.165, 1.54) is 0 Å². The Balaban J connectivity index is 0.00000242. The summed E-state index contributed by atoms with van der Waals surface area (Å²) >= 11 is 0. The lowest BCUT2D eigenvalue weighted by molar-refractivity contribution is -0.130. The van der Waals surface area contributed by atoms with E-state index in [0.717, 1.165) is 37.2 Å². The smallest absolute Gasteiger partial charge is 0.233 e. The van der Waals surface area contributed by atoms with Gasteiger partial charge in [0.25, 0.3) is 0 Å². The third kappa shape index (κ3) is 4.68.